The van der Waals surface area contributed by atoms with Crippen molar-refractivity contribution in [1.29, 1.82) is 0 Å². The molecular weight excluding hydrogens is 386 g/mol. The summed E-state index contributed by atoms with van der Waals surface area (Å²) in [6, 6.07) is 6.91. The number of hydrogen-bond acceptors (Lipinski definition) is 8. The fraction of sp³-hybridized carbons (Fsp3) is 0.421. The quantitative estimate of drug-likeness (QED) is 0.601. The molecule has 3 aromatic rings. The molecule has 11 nitrogen and oxygen atoms in total. The first kappa shape index (κ1) is 19.7. The van der Waals surface area contributed by atoms with Crippen LogP contribution in [-0.4, -0.2) is 60.3 Å². The van der Waals surface area contributed by atoms with E-state index in [2.05, 4.69) is 35.6 Å². The predicted octanol–water partition coefficient (Wildman–Crippen LogP) is -0.0448. The second kappa shape index (κ2) is 8.80. The fourth-order valence-corrected chi connectivity index (χ4v) is 3.41. The highest BCUT2D eigenvalue weighted by Gasteiger charge is 2.25. The van der Waals surface area contributed by atoms with Crippen LogP contribution in [0.5, 0.6) is 0 Å². The number of rotatable bonds is 6. The summed E-state index contributed by atoms with van der Waals surface area (Å²) in [6.07, 6.45) is 4.41. The topological polar surface area (TPSA) is 124 Å². The summed E-state index contributed by atoms with van der Waals surface area (Å²) in [5.74, 6) is 1.29. The molecule has 1 amide bonds. The highest BCUT2D eigenvalue weighted by atomic mass is 16.2. The van der Waals surface area contributed by atoms with Crippen molar-refractivity contribution in [1.82, 2.24) is 40.1 Å². The average molecular weight is 409 g/mol. The Morgan fingerprint density at radius 3 is 2.63 bits per heavy atom. The third-order valence-corrected chi connectivity index (χ3v) is 5.10. The summed E-state index contributed by atoms with van der Waals surface area (Å²) < 4.78 is 2.79. The van der Waals surface area contributed by atoms with Gasteiger partial charge in [0.15, 0.2) is 11.6 Å². The van der Waals surface area contributed by atoms with E-state index < -0.39 is 0 Å². The molecule has 1 aliphatic rings. The number of carbonyl (C=O) groups is 1. The molecule has 1 N–H and O–H groups in total. The molecule has 1 aliphatic heterocycles. The van der Waals surface area contributed by atoms with Crippen LogP contribution < -0.4 is 15.8 Å². The molecule has 0 aliphatic carbocycles. The fourth-order valence-electron chi connectivity index (χ4n) is 3.41. The second-order valence-corrected chi connectivity index (χ2v) is 7.18. The zero-order valence-corrected chi connectivity index (χ0v) is 16.7. The van der Waals surface area contributed by atoms with Gasteiger partial charge in [0.05, 0.1) is 12.2 Å². The summed E-state index contributed by atoms with van der Waals surface area (Å²) in [6.45, 7) is 4.04. The number of aromatic nitrogens is 7. The minimum atomic E-state index is -0.236. The van der Waals surface area contributed by atoms with Gasteiger partial charge in [0, 0.05) is 31.6 Å². The van der Waals surface area contributed by atoms with Crippen LogP contribution in [0.3, 0.4) is 0 Å². The summed E-state index contributed by atoms with van der Waals surface area (Å²) >= 11 is 0. The number of nitrogens with zero attached hydrogens (tertiary/aromatic N) is 8. The van der Waals surface area contributed by atoms with E-state index in [1.165, 1.54) is 28.1 Å². The predicted molar refractivity (Wildman–Crippen MR) is 108 cm³/mol. The van der Waals surface area contributed by atoms with Crippen molar-refractivity contribution in [3.63, 3.8) is 0 Å². The van der Waals surface area contributed by atoms with E-state index >= 15 is 0 Å². The van der Waals surface area contributed by atoms with Crippen LogP contribution in [0, 0.1) is 12.8 Å². The van der Waals surface area contributed by atoms with E-state index in [4.69, 9.17) is 0 Å². The van der Waals surface area contributed by atoms with Gasteiger partial charge in [0.1, 0.15) is 12.7 Å². The Hall–Kier alpha value is -3.63. The minimum Gasteiger partial charge on any atom is -0.355 e. The van der Waals surface area contributed by atoms with Gasteiger partial charge in [-0.3, -0.25) is 9.59 Å². The van der Waals surface area contributed by atoms with Gasteiger partial charge in [0.25, 0.3) is 5.56 Å². The molecule has 0 spiro atoms. The lowest BCUT2D eigenvalue weighted by Gasteiger charge is -2.31. The van der Waals surface area contributed by atoms with E-state index in [9.17, 15) is 9.59 Å². The van der Waals surface area contributed by atoms with E-state index in [-0.39, 0.29) is 23.9 Å². The Morgan fingerprint density at radius 2 is 1.93 bits per heavy atom. The first-order chi connectivity index (χ1) is 14.6. The highest BCUT2D eigenvalue weighted by Crippen LogP contribution is 2.21. The lowest BCUT2D eigenvalue weighted by atomic mass is 9.96. The Labute approximate surface area is 172 Å². The van der Waals surface area contributed by atoms with Gasteiger partial charge >= 0.3 is 0 Å². The SMILES string of the molecule is Cc1ccc(N2CCC(C(=O)NCCn3nc(-n4cncn4)ccc3=O)CC2)nn1. The zero-order chi connectivity index (χ0) is 20.9. The van der Waals surface area contributed by atoms with Crippen LogP contribution in [0.2, 0.25) is 0 Å². The van der Waals surface area contributed by atoms with Gasteiger partial charge in [-0.15, -0.1) is 10.2 Å². The van der Waals surface area contributed by atoms with Gasteiger partial charge in [0.2, 0.25) is 5.91 Å². The van der Waals surface area contributed by atoms with Gasteiger partial charge in [-0.05, 0) is 38.0 Å². The molecular formula is C19H23N9O2. The third kappa shape index (κ3) is 4.50. The van der Waals surface area contributed by atoms with Crippen molar-refractivity contribution in [3.8, 4) is 5.82 Å². The molecule has 0 unspecified atom stereocenters. The largest absolute Gasteiger partial charge is 0.355 e. The molecule has 0 bridgehead atoms. The molecule has 30 heavy (non-hydrogen) atoms. The Bertz CT molecular complexity index is 1040. The molecule has 0 atom stereocenters. The van der Waals surface area contributed by atoms with Crippen LogP contribution in [0.4, 0.5) is 5.82 Å². The Morgan fingerprint density at radius 1 is 1.13 bits per heavy atom. The first-order valence-electron chi connectivity index (χ1n) is 9.86. The molecule has 4 rings (SSSR count). The van der Waals surface area contributed by atoms with E-state index in [1.54, 1.807) is 6.07 Å². The maximum atomic E-state index is 12.5. The number of piperidine rings is 1. The number of anilines is 1. The Balaban J connectivity index is 1.27. The van der Waals surface area contributed by atoms with Crippen molar-refractivity contribution in [2.45, 2.75) is 26.3 Å². The van der Waals surface area contributed by atoms with Crippen molar-refractivity contribution in [3.05, 3.63) is 53.0 Å². The van der Waals surface area contributed by atoms with Crippen molar-refractivity contribution < 1.29 is 4.79 Å². The summed E-state index contributed by atoms with van der Waals surface area (Å²) in [4.78, 5) is 30.6. The molecule has 11 heteroatoms. The average Bonchev–Trinajstić information content (AvgIpc) is 3.31. The molecule has 3 aromatic heterocycles. The molecule has 0 radical (unpaired) electrons. The zero-order valence-electron chi connectivity index (χ0n) is 16.7. The Kier molecular flexibility index (Phi) is 5.77. The monoisotopic (exact) mass is 409 g/mol. The van der Waals surface area contributed by atoms with Gasteiger partial charge < -0.3 is 10.2 Å². The number of carbonyl (C=O) groups excluding carboxylic acids is 1. The highest BCUT2D eigenvalue weighted by molar-refractivity contribution is 5.78. The summed E-state index contributed by atoms with van der Waals surface area (Å²) in [5.41, 5.74) is 0.647. The van der Waals surface area contributed by atoms with Crippen LogP contribution in [0.25, 0.3) is 5.82 Å². The lowest BCUT2D eigenvalue weighted by molar-refractivity contribution is -0.125. The van der Waals surface area contributed by atoms with Crippen LogP contribution in [-0.2, 0) is 11.3 Å². The standard InChI is InChI=1S/C19H23N9O2/c1-14-2-3-16(24-23-14)26-9-6-15(7-10-26)19(30)21-8-11-27-18(29)5-4-17(25-27)28-13-20-12-22-28/h2-5,12-13,15H,6-11H2,1H3,(H,21,30). The van der Waals surface area contributed by atoms with Gasteiger partial charge in [-0.1, -0.05) is 0 Å². The molecule has 1 saturated heterocycles. The number of nitrogens with one attached hydrogen (secondary N) is 1. The number of aryl methyl sites for hydroxylation is 1. The van der Waals surface area contributed by atoms with Crippen molar-refractivity contribution in [2.24, 2.45) is 5.92 Å². The van der Waals surface area contributed by atoms with Gasteiger partial charge in [-0.25, -0.2) is 14.3 Å². The molecule has 156 valence electrons. The number of hydrogen-bond donors (Lipinski definition) is 1. The maximum Gasteiger partial charge on any atom is 0.266 e. The second-order valence-electron chi connectivity index (χ2n) is 7.18. The molecule has 4 heterocycles. The van der Waals surface area contributed by atoms with Crippen molar-refractivity contribution >= 4 is 11.7 Å². The first-order valence-corrected chi connectivity index (χ1v) is 9.86. The normalized spacial score (nSPS) is 14.6. The van der Waals surface area contributed by atoms with Crippen LogP contribution >= 0.6 is 0 Å². The maximum absolute atomic E-state index is 12.5. The summed E-state index contributed by atoms with van der Waals surface area (Å²) in [5, 5.41) is 19.5. The summed E-state index contributed by atoms with van der Waals surface area (Å²) in [7, 11) is 0. The van der Waals surface area contributed by atoms with Gasteiger partial charge in [-0.2, -0.15) is 10.2 Å². The molecule has 0 aromatic carbocycles. The minimum absolute atomic E-state index is 0.00474. The molecule has 1 fully saturated rings. The van der Waals surface area contributed by atoms with Crippen LogP contribution in [0.1, 0.15) is 18.5 Å². The van der Waals surface area contributed by atoms with Crippen LogP contribution in [0.15, 0.2) is 41.7 Å². The number of amides is 1. The lowest BCUT2D eigenvalue weighted by Crippen LogP contribution is -2.42. The van der Waals surface area contributed by atoms with E-state index in [0.29, 0.717) is 12.4 Å². The van der Waals surface area contributed by atoms with E-state index in [0.717, 1.165) is 37.4 Å². The molecule has 0 saturated carbocycles. The van der Waals surface area contributed by atoms with E-state index in [1.807, 2.05) is 19.1 Å². The third-order valence-electron chi connectivity index (χ3n) is 5.10. The van der Waals surface area contributed by atoms with Crippen molar-refractivity contribution in [2.75, 3.05) is 24.5 Å². The smallest absolute Gasteiger partial charge is 0.266 e.